The first-order valence-corrected chi connectivity index (χ1v) is 11.0. The summed E-state index contributed by atoms with van der Waals surface area (Å²) in [6, 6.07) is 2.81. The van der Waals surface area contributed by atoms with Crippen LogP contribution in [0.3, 0.4) is 0 Å². The minimum atomic E-state index is -1.68. The van der Waals surface area contributed by atoms with Gasteiger partial charge in [0.25, 0.3) is 0 Å². The molecule has 5 unspecified atom stereocenters. The number of primary amides is 2. The van der Waals surface area contributed by atoms with Crippen molar-refractivity contribution in [2.75, 3.05) is 0 Å². The van der Waals surface area contributed by atoms with E-state index < -0.39 is 72.2 Å². The van der Waals surface area contributed by atoms with E-state index in [9.17, 15) is 39.0 Å². The Balaban J connectivity index is 3.14. The summed E-state index contributed by atoms with van der Waals surface area (Å²) in [5.41, 5.74) is 16.5. The summed E-state index contributed by atoms with van der Waals surface area (Å²) in [7, 11) is 0. The molecule has 0 fully saturated rings. The molecule has 0 radical (unpaired) electrons. The first-order valence-electron chi connectivity index (χ1n) is 11.0. The number of carboxylic acid groups (broad SMARTS) is 1. The lowest BCUT2D eigenvalue weighted by Gasteiger charge is -2.25. The SMILES string of the molecule is CC(O)C(NC(=O)C(CCC(N)=O)NC(=O)C(Cc1ccccc1)NC(=O)C(N)CC(N)=O)C(=O)O. The topological polar surface area (TPSA) is 257 Å². The van der Waals surface area contributed by atoms with Crippen LogP contribution >= 0.6 is 0 Å². The molecular formula is C22H32N6O8. The predicted octanol–water partition coefficient (Wildman–Crippen LogP) is -3.38. The number of carboxylic acids is 1. The van der Waals surface area contributed by atoms with Crippen LogP contribution in [0, 0.1) is 0 Å². The number of aliphatic carboxylic acids is 1. The fourth-order valence-electron chi connectivity index (χ4n) is 3.12. The van der Waals surface area contributed by atoms with Crippen molar-refractivity contribution in [3.63, 3.8) is 0 Å². The van der Waals surface area contributed by atoms with Crippen LogP contribution in [0.5, 0.6) is 0 Å². The molecule has 0 spiro atoms. The van der Waals surface area contributed by atoms with Gasteiger partial charge in [-0.05, 0) is 18.9 Å². The van der Waals surface area contributed by atoms with E-state index in [1.54, 1.807) is 30.3 Å². The average molecular weight is 509 g/mol. The van der Waals surface area contributed by atoms with Crippen LogP contribution in [-0.2, 0) is 35.2 Å². The fourth-order valence-corrected chi connectivity index (χ4v) is 3.12. The van der Waals surface area contributed by atoms with Crippen LogP contribution in [0.25, 0.3) is 0 Å². The summed E-state index contributed by atoms with van der Waals surface area (Å²) >= 11 is 0. The summed E-state index contributed by atoms with van der Waals surface area (Å²) in [6.45, 7) is 1.15. The van der Waals surface area contributed by atoms with Crippen LogP contribution in [0.15, 0.2) is 30.3 Å². The highest BCUT2D eigenvalue weighted by molar-refractivity contribution is 5.95. The van der Waals surface area contributed by atoms with E-state index in [2.05, 4.69) is 16.0 Å². The smallest absolute Gasteiger partial charge is 0.328 e. The van der Waals surface area contributed by atoms with E-state index in [-0.39, 0.29) is 19.3 Å². The molecule has 0 saturated carbocycles. The zero-order valence-corrected chi connectivity index (χ0v) is 19.7. The maximum absolute atomic E-state index is 13.1. The second-order valence-corrected chi connectivity index (χ2v) is 8.16. The van der Waals surface area contributed by atoms with Crippen molar-refractivity contribution in [2.45, 2.75) is 62.9 Å². The molecule has 198 valence electrons. The Morgan fingerprint density at radius 1 is 0.861 bits per heavy atom. The van der Waals surface area contributed by atoms with Crippen molar-refractivity contribution in [3.05, 3.63) is 35.9 Å². The molecule has 0 heterocycles. The van der Waals surface area contributed by atoms with Crippen molar-refractivity contribution >= 4 is 35.5 Å². The Labute approximate surface area is 206 Å². The molecule has 5 atom stereocenters. The third kappa shape index (κ3) is 10.5. The van der Waals surface area contributed by atoms with Crippen molar-refractivity contribution in [3.8, 4) is 0 Å². The number of nitrogens with two attached hydrogens (primary N) is 3. The highest BCUT2D eigenvalue weighted by Crippen LogP contribution is 2.07. The number of aliphatic hydroxyl groups excluding tert-OH is 1. The molecule has 0 bridgehead atoms. The minimum absolute atomic E-state index is 0.0305. The van der Waals surface area contributed by atoms with Gasteiger partial charge in [0.1, 0.15) is 12.1 Å². The number of aliphatic hydroxyl groups is 1. The van der Waals surface area contributed by atoms with E-state index in [1.165, 1.54) is 0 Å². The Kier molecular flexibility index (Phi) is 12.0. The van der Waals surface area contributed by atoms with Crippen LogP contribution in [0.2, 0.25) is 0 Å². The van der Waals surface area contributed by atoms with Gasteiger partial charge in [-0.3, -0.25) is 24.0 Å². The first kappa shape index (κ1) is 30.0. The van der Waals surface area contributed by atoms with Gasteiger partial charge in [-0.1, -0.05) is 30.3 Å². The fraction of sp³-hybridized carbons (Fsp3) is 0.455. The van der Waals surface area contributed by atoms with E-state index in [1.807, 2.05) is 0 Å². The molecule has 0 aliphatic heterocycles. The third-order valence-electron chi connectivity index (χ3n) is 5.03. The Morgan fingerprint density at radius 2 is 1.42 bits per heavy atom. The largest absolute Gasteiger partial charge is 0.480 e. The van der Waals surface area contributed by atoms with Gasteiger partial charge < -0.3 is 43.4 Å². The van der Waals surface area contributed by atoms with Gasteiger partial charge in [0.05, 0.1) is 18.6 Å². The van der Waals surface area contributed by atoms with Crippen molar-refractivity contribution in [2.24, 2.45) is 17.2 Å². The molecule has 36 heavy (non-hydrogen) atoms. The molecule has 14 nitrogen and oxygen atoms in total. The second kappa shape index (κ2) is 14.4. The minimum Gasteiger partial charge on any atom is -0.480 e. The predicted molar refractivity (Wildman–Crippen MR) is 125 cm³/mol. The summed E-state index contributed by atoms with van der Waals surface area (Å²) in [5, 5.41) is 25.7. The average Bonchev–Trinajstić information content (AvgIpc) is 2.78. The zero-order chi connectivity index (χ0) is 27.4. The molecule has 1 rings (SSSR count). The summed E-state index contributed by atoms with van der Waals surface area (Å²) in [6.07, 6.45) is -2.57. The van der Waals surface area contributed by atoms with Gasteiger partial charge >= 0.3 is 5.97 Å². The monoisotopic (exact) mass is 508 g/mol. The first-order chi connectivity index (χ1) is 16.8. The number of benzene rings is 1. The highest BCUT2D eigenvalue weighted by atomic mass is 16.4. The Hall–Kier alpha value is -4.04. The molecular weight excluding hydrogens is 476 g/mol. The van der Waals surface area contributed by atoms with Gasteiger partial charge in [-0.25, -0.2) is 4.79 Å². The number of rotatable bonds is 15. The molecule has 1 aromatic rings. The molecule has 5 amide bonds. The molecule has 0 saturated heterocycles. The van der Waals surface area contributed by atoms with Crippen LogP contribution < -0.4 is 33.2 Å². The van der Waals surface area contributed by atoms with Crippen LogP contribution in [0.1, 0.15) is 31.7 Å². The van der Waals surface area contributed by atoms with E-state index >= 15 is 0 Å². The number of carbonyl (C=O) groups is 6. The van der Waals surface area contributed by atoms with Crippen LogP contribution in [-0.4, -0.2) is 76.0 Å². The number of amides is 5. The lowest BCUT2D eigenvalue weighted by Crippen LogP contribution is -2.58. The summed E-state index contributed by atoms with van der Waals surface area (Å²) in [5.74, 6) is -5.81. The second-order valence-electron chi connectivity index (χ2n) is 8.16. The summed E-state index contributed by atoms with van der Waals surface area (Å²) in [4.78, 5) is 72.0. The number of nitrogens with one attached hydrogen (secondary N) is 3. The van der Waals surface area contributed by atoms with E-state index in [0.29, 0.717) is 5.56 Å². The number of hydrogen-bond donors (Lipinski definition) is 8. The normalized spacial score (nSPS) is 14.9. The number of hydrogen-bond acceptors (Lipinski definition) is 8. The van der Waals surface area contributed by atoms with Gasteiger partial charge in [-0.2, -0.15) is 0 Å². The van der Waals surface area contributed by atoms with Gasteiger partial charge in [-0.15, -0.1) is 0 Å². The number of carbonyl (C=O) groups excluding carboxylic acids is 5. The lowest BCUT2D eigenvalue weighted by molar-refractivity contribution is -0.145. The van der Waals surface area contributed by atoms with Crippen LogP contribution in [0.4, 0.5) is 0 Å². The molecule has 14 heteroatoms. The summed E-state index contributed by atoms with van der Waals surface area (Å²) < 4.78 is 0. The van der Waals surface area contributed by atoms with Crippen molar-refractivity contribution in [1.29, 1.82) is 0 Å². The molecule has 11 N–H and O–H groups in total. The quantitative estimate of drug-likeness (QED) is 0.117. The third-order valence-corrected chi connectivity index (χ3v) is 5.03. The zero-order valence-electron chi connectivity index (χ0n) is 19.7. The lowest BCUT2D eigenvalue weighted by atomic mass is 10.0. The molecule has 0 aromatic heterocycles. The standard InChI is InChI=1S/C22H32N6O8/c1-11(29)18(22(35)36)28-20(33)14(7-8-16(24)30)26-21(34)15(9-12-5-3-2-4-6-12)27-19(32)13(23)10-17(25)31/h2-6,11,13-15,18,29H,7-10,23H2,1H3,(H2,24,30)(H2,25,31)(H,26,34)(H,27,32)(H,28,33)(H,35,36). The maximum Gasteiger partial charge on any atom is 0.328 e. The molecule has 0 aliphatic carbocycles. The van der Waals surface area contributed by atoms with Gasteiger partial charge in [0.15, 0.2) is 6.04 Å². The van der Waals surface area contributed by atoms with Gasteiger partial charge in [0.2, 0.25) is 29.5 Å². The van der Waals surface area contributed by atoms with Crippen molar-refractivity contribution < 1.29 is 39.0 Å². The Bertz CT molecular complexity index is 955. The molecule has 1 aromatic carbocycles. The van der Waals surface area contributed by atoms with E-state index in [0.717, 1.165) is 6.92 Å². The Morgan fingerprint density at radius 3 is 1.92 bits per heavy atom. The van der Waals surface area contributed by atoms with Gasteiger partial charge in [0, 0.05) is 12.8 Å². The van der Waals surface area contributed by atoms with E-state index in [4.69, 9.17) is 17.2 Å². The molecule has 0 aliphatic rings. The maximum atomic E-state index is 13.1. The highest BCUT2D eigenvalue weighted by Gasteiger charge is 2.32. The van der Waals surface area contributed by atoms with Crippen molar-refractivity contribution in [1.82, 2.24) is 16.0 Å².